The molecule has 0 spiro atoms. The van der Waals surface area contributed by atoms with Gasteiger partial charge >= 0.3 is 30.2 Å². The predicted octanol–water partition coefficient (Wildman–Crippen LogP) is 5.49. The van der Waals surface area contributed by atoms with Crippen molar-refractivity contribution >= 4 is 0 Å². The van der Waals surface area contributed by atoms with Crippen molar-refractivity contribution in [3.8, 4) is 0 Å². The minimum Gasteiger partial charge on any atom is -0.264 e. The highest BCUT2D eigenvalue weighted by Crippen LogP contribution is 2.45. The average molecular weight is 340 g/mol. The monoisotopic (exact) mass is 340 g/mol. The van der Waals surface area contributed by atoms with E-state index in [4.69, 9.17) is 0 Å². The van der Waals surface area contributed by atoms with Gasteiger partial charge in [-0.3, -0.25) is 4.74 Å². The second-order valence-corrected chi connectivity index (χ2v) is 2.94. The zero-order chi connectivity index (χ0) is 17.2. The van der Waals surface area contributed by atoms with Crippen molar-refractivity contribution in [2.45, 2.75) is 12.0 Å². The SMILES string of the molecule is FC(F)=C(F)C(F)(F)OC(F)(C(F)=C(F)F)C(F)=C(F)F. The van der Waals surface area contributed by atoms with Gasteiger partial charge in [0.15, 0.2) is 0 Å². The lowest BCUT2D eigenvalue weighted by Crippen LogP contribution is -2.39. The van der Waals surface area contributed by atoms with Gasteiger partial charge in [-0.05, 0) is 0 Å². The van der Waals surface area contributed by atoms with Crippen LogP contribution in [0.5, 0.6) is 0 Å². The van der Waals surface area contributed by atoms with E-state index >= 15 is 0 Å². The van der Waals surface area contributed by atoms with Crippen LogP contribution in [0.25, 0.3) is 0 Å². The van der Waals surface area contributed by atoms with Gasteiger partial charge in [-0.2, -0.15) is 52.7 Å². The van der Waals surface area contributed by atoms with Gasteiger partial charge in [0.1, 0.15) is 0 Å². The van der Waals surface area contributed by atoms with Crippen molar-refractivity contribution in [1.82, 2.24) is 0 Å². The third kappa shape index (κ3) is 4.15. The van der Waals surface area contributed by atoms with Gasteiger partial charge in [0.05, 0.1) is 0 Å². The number of hydrogen-bond donors (Lipinski definition) is 0. The summed E-state index contributed by atoms with van der Waals surface area (Å²) in [6, 6.07) is 0. The minimum absolute atomic E-state index is 2.16. The highest BCUT2D eigenvalue weighted by molar-refractivity contribution is 5.22. The molecule has 0 heterocycles. The summed E-state index contributed by atoms with van der Waals surface area (Å²) >= 11 is 0. The van der Waals surface area contributed by atoms with E-state index in [0.29, 0.717) is 0 Å². The Morgan fingerprint density at radius 1 is 0.524 bits per heavy atom. The maximum absolute atomic E-state index is 13.2. The first-order chi connectivity index (χ1) is 9.27. The zero-order valence-corrected chi connectivity index (χ0v) is 8.94. The molecule has 0 radical (unpaired) electrons. The van der Waals surface area contributed by atoms with Gasteiger partial charge in [0.25, 0.3) is 5.83 Å². The zero-order valence-electron chi connectivity index (χ0n) is 8.94. The van der Waals surface area contributed by atoms with E-state index in [1.165, 1.54) is 0 Å². The lowest BCUT2D eigenvalue weighted by atomic mass is 10.2. The maximum Gasteiger partial charge on any atom is 0.418 e. The minimum atomic E-state index is -6.23. The van der Waals surface area contributed by atoms with Crippen molar-refractivity contribution in [2.75, 3.05) is 0 Å². The second-order valence-electron chi connectivity index (χ2n) is 2.94. The van der Waals surface area contributed by atoms with Crippen LogP contribution in [-0.2, 0) is 4.74 Å². The summed E-state index contributed by atoms with van der Waals surface area (Å²) in [5, 5.41) is 0. The van der Waals surface area contributed by atoms with Crippen LogP contribution in [0.3, 0.4) is 0 Å². The molecule has 1 nitrogen and oxygen atoms in total. The van der Waals surface area contributed by atoms with Crippen molar-refractivity contribution in [1.29, 1.82) is 0 Å². The third-order valence-electron chi connectivity index (χ3n) is 1.59. The Balaban J connectivity index is 6.09. The molecule has 0 aromatic heterocycles. The molecule has 0 amide bonds. The predicted molar refractivity (Wildman–Crippen MR) is 40.9 cm³/mol. The summed E-state index contributed by atoms with van der Waals surface area (Å²) in [5.74, 6) is -17.8. The van der Waals surface area contributed by atoms with E-state index in [2.05, 4.69) is 4.74 Å². The summed E-state index contributed by atoms with van der Waals surface area (Å²) in [5.41, 5.74) is 0. The molecule has 0 atom stereocenters. The van der Waals surface area contributed by atoms with Crippen LogP contribution in [0.2, 0.25) is 0 Å². The number of ether oxygens (including phenoxy) is 1. The van der Waals surface area contributed by atoms with Gasteiger partial charge in [0, 0.05) is 0 Å². The highest BCUT2D eigenvalue weighted by atomic mass is 19.3. The van der Waals surface area contributed by atoms with Crippen molar-refractivity contribution in [3.63, 3.8) is 0 Å². The van der Waals surface area contributed by atoms with Gasteiger partial charge < -0.3 is 0 Å². The topological polar surface area (TPSA) is 9.23 Å². The molecule has 0 bridgehead atoms. The summed E-state index contributed by atoms with van der Waals surface area (Å²) in [6.07, 6.45) is -18.0. The van der Waals surface area contributed by atoms with Crippen LogP contribution in [0, 0.1) is 0 Å². The molecule has 0 saturated heterocycles. The van der Waals surface area contributed by atoms with Crippen molar-refractivity contribution < 1.29 is 57.4 Å². The van der Waals surface area contributed by atoms with Crippen LogP contribution in [0.4, 0.5) is 52.7 Å². The first-order valence-corrected chi connectivity index (χ1v) is 4.18. The van der Waals surface area contributed by atoms with E-state index in [-0.39, 0.29) is 0 Å². The molecule has 13 heteroatoms. The Kier molecular flexibility index (Phi) is 5.90. The van der Waals surface area contributed by atoms with E-state index in [1.54, 1.807) is 0 Å². The maximum atomic E-state index is 13.2. The molecule has 0 aliphatic carbocycles. The molecular weight excluding hydrogens is 340 g/mol. The number of alkyl halides is 3. The van der Waals surface area contributed by atoms with E-state index in [1.807, 2.05) is 0 Å². The number of hydrogen-bond acceptors (Lipinski definition) is 1. The molecule has 0 unspecified atom stereocenters. The fraction of sp³-hybridized carbons (Fsp3) is 0.250. The van der Waals surface area contributed by atoms with E-state index < -0.39 is 47.7 Å². The Labute approximate surface area is 106 Å². The van der Waals surface area contributed by atoms with Gasteiger partial charge in [-0.25, -0.2) is 0 Å². The molecule has 21 heavy (non-hydrogen) atoms. The largest absolute Gasteiger partial charge is 0.418 e. The highest BCUT2D eigenvalue weighted by Gasteiger charge is 2.57. The van der Waals surface area contributed by atoms with Gasteiger partial charge in [0.2, 0.25) is 11.7 Å². The Morgan fingerprint density at radius 2 is 0.810 bits per heavy atom. The normalized spacial score (nSPS) is 12.0. The van der Waals surface area contributed by atoms with Crippen LogP contribution in [-0.4, -0.2) is 12.0 Å². The average Bonchev–Trinajstić information content (AvgIpc) is 2.34. The quantitative estimate of drug-likeness (QED) is 0.601. The fourth-order valence-corrected chi connectivity index (χ4v) is 0.760. The summed E-state index contributed by atoms with van der Waals surface area (Å²) in [6.45, 7) is 0. The molecule has 0 aromatic rings. The van der Waals surface area contributed by atoms with Crippen LogP contribution in [0.1, 0.15) is 0 Å². The molecule has 0 N–H and O–H groups in total. The molecule has 0 saturated carbocycles. The molecule has 122 valence electrons. The van der Waals surface area contributed by atoms with E-state index in [0.717, 1.165) is 0 Å². The van der Waals surface area contributed by atoms with E-state index in [9.17, 15) is 52.7 Å². The molecule has 0 aliphatic rings. The van der Waals surface area contributed by atoms with Gasteiger partial charge in [-0.15, -0.1) is 0 Å². The standard InChI is InChI=1S/C8F12O/c9-1(4(12)13)7(18,2(10)5(14)15)21-8(19,20)3(11)6(16)17. The summed E-state index contributed by atoms with van der Waals surface area (Å²) in [7, 11) is 0. The molecular formula is C8F12O. The van der Waals surface area contributed by atoms with Crippen molar-refractivity contribution in [2.24, 2.45) is 0 Å². The molecule has 0 aliphatic heterocycles. The fourth-order valence-electron chi connectivity index (χ4n) is 0.760. The van der Waals surface area contributed by atoms with Crippen LogP contribution >= 0.6 is 0 Å². The Bertz CT molecular complexity index is 467. The number of halogens is 12. The molecule has 0 rings (SSSR count). The summed E-state index contributed by atoms with van der Waals surface area (Å²) < 4.78 is 148. The molecule has 0 fully saturated rings. The third-order valence-corrected chi connectivity index (χ3v) is 1.59. The second kappa shape index (κ2) is 6.41. The van der Waals surface area contributed by atoms with Gasteiger partial charge in [-0.1, -0.05) is 0 Å². The van der Waals surface area contributed by atoms with Crippen molar-refractivity contribution in [3.05, 3.63) is 35.7 Å². The molecule has 0 aromatic carbocycles. The first-order valence-electron chi connectivity index (χ1n) is 4.18. The van der Waals surface area contributed by atoms with Crippen LogP contribution in [0.15, 0.2) is 35.7 Å². The Morgan fingerprint density at radius 3 is 1.05 bits per heavy atom. The first kappa shape index (κ1) is 19.3. The lowest BCUT2D eigenvalue weighted by molar-refractivity contribution is -0.304. The summed E-state index contributed by atoms with van der Waals surface area (Å²) in [4.78, 5) is 0. The lowest BCUT2D eigenvalue weighted by Gasteiger charge is -2.25. The Hall–Kier alpha value is -1.66. The number of rotatable bonds is 5. The smallest absolute Gasteiger partial charge is 0.264 e. The van der Waals surface area contributed by atoms with Crippen LogP contribution < -0.4 is 0 Å².